The molecule has 0 rings (SSSR count). The first-order valence-electron chi connectivity index (χ1n) is 3.88. The molecule has 0 saturated heterocycles. The van der Waals surface area contributed by atoms with E-state index in [9.17, 15) is 4.79 Å². The van der Waals surface area contributed by atoms with E-state index in [1.165, 1.54) is 0 Å². The fourth-order valence-corrected chi connectivity index (χ4v) is 0.474. The van der Waals surface area contributed by atoms with Crippen molar-refractivity contribution in [3.63, 3.8) is 0 Å². The van der Waals surface area contributed by atoms with Crippen LogP contribution >= 0.6 is 0 Å². The number of esters is 1. The Balaban J connectivity index is 3.71. The van der Waals surface area contributed by atoms with Gasteiger partial charge in [0.1, 0.15) is 0 Å². The third-order valence-corrected chi connectivity index (χ3v) is 1.30. The minimum atomic E-state index is -0.207. The van der Waals surface area contributed by atoms with E-state index in [2.05, 4.69) is 0 Å². The van der Waals surface area contributed by atoms with Crippen LogP contribution in [0.3, 0.4) is 0 Å². The lowest BCUT2D eigenvalue weighted by molar-refractivity contribution is -0.140. The average molecular weight is 156 g/mol. The van der Waals surface area contributed by atoms with E-state index in [-0.39, 0.29) is 5.97 Å². The highest BCUT2D eigenvalue weighted by Crippen LogP contribution is 1.99. The maximum absolute atomic E-state index is 11.0. The lowest BCUT2D eigenvalue weighted by Crippen LogP contribution is -2.10. The molecule has 0 bridgehead atoms. The molecule has 0 aromatic carbocycles. The largest absolute Gasteiger partial charge is 0.462 e. The monoisotopic (exact) mass is 156 g/mol. The van der Waals surface area contributed by atoms with E-state index >= 15 is 0 Å². The van der Waals surface area contributed by atoms with Gasteiger partial charge < -0.3 is 4.74 Å². The topological polar surface area (TPSA) is 26.3 Å². The molecule has 0 N–H and O–H groups in total. The Morgan fingerprint density at radius 2 is 2.09 bits per heavy atom. The molecule has 0 aromatic rings. The summed E-state index contributed by atoms with van der Waals surface area (Å²) in [5.41, 5.74) is 0.672. The second-order valence-corrected chi connectivity index (χ2v) is 2.96. The molecule has 0 unspecified atom stereocenters. The van der Waals surface area contributed by atoms with Gasteiger partial charge in [0.05, 0.1) is 6.61 Å². The van der Waals surface area contributed by atoms with Crippen molar-refractivity contribution in [2.24, 2.45) is 5.92 Å². The van der Waals surface area contributed by atoms with Crippen LogP contribution in [0.15, 0.2) is 11.6 Å². The molecule has 0 heterocycles. The van der Waals surface area contributed by atoms with E-state index in [0.717, 1.165) is 0 Å². The highest BCUT2D eigenvalue weighted by atomic mass is 16.5. The van der Waals surface area contributed by atoms with Gasteiger partial charge in [-0.1, -0.05) is 19.9 Å². The van der Waals surface area contributed by atoms with E-state index in [4.69, 9.17) is 4.74 Å². The summed E-state index contributed by atoms with van der Waals surface area (Å²) in [7, 11) is 0. The van der Waals surface area contributed by atoms with Crippen molar-refractivity contribution in [3.05, 3.63) is 11.6 Å². The lowest BCUT2D eigenvalue weighted by atomic mass is 10.2. The summed E-state index contributed by atoms with van der Waals surface area (Å²) in [6, 6.07) is 0. The van der Waals surface area contributed by atoms with Crippen LogP contribution in [0.25, 0.3) is 0 Å². The third kappa shape index (κ3) is 4.59. The summed E-state index contributed by atoms with van der Waals surface area (Å²) < 4.78 is 4.95. The highest BCUT2D eigenvalue weighted by Gasteiger charge is 2.04. The second kappa shape index (κ2) is 4.94. The van der Waals surface area contributed by atoms with Crippen molar-refractivity contribution in [1.29, 1.82) is 0 Å². The third-order valence-electron chi connectivity index (χ3n) is 1.30. The molecule has 0 aliphatic rings. The molecule has 0 atom stereocenters. The molecule has 2 heteroatoms. The summed E-state index contributed by atoms with van der Waals surface area (Å²) in [4.78, 5) is 11.0. The predicted octanol–water partition coefficient (Wildman–Crippen LogP) is 2.15. The van der Waals surface area contributed by atoms with Crippen LogP contribution in [-0.2, 0) is 9.53 Å². The minimum absolute atomic E-state index is 0.207. The Morgan fingerprint density at radius 1 is 1.55 bits per heavy atom. The zero-order valence-electron chi connectivity index (χ0n) is 7.68. The van der Waals surface area contributed by atoms with Crippen molar-refractivity contribution >= 4 is 5.97 Å². The number of carbonyl (C=O) groups excluding carboxylic acids is 1. The summed E-state index contributed by atoms with van der Waals surface area (Å²) >= 11 is 0. The molecule has 0 aromatic heterocycles. The molecule has 0 spiro atoms. The summed E-state index contributed by atoms with van der Waals surface area (Å²) in [5.74, 6) is 0.199. The quantitative estimate of drug-likeness (QED) is 0.462. The number of allylic oxidation sites excluding steroid dienone is 1. The maximum atomic E-state index is 11.0. The predicted molar refractivity (Wildman–Crippen MR) is 45.2 cm³/mol. The van der Waals surface area contributed by atoms with E-state index in [1.807, 2.05) is 20.8 Å². The fraction of sp³-hybridized carbons (Fsp3) is 0.667. The lowest BCUT2D eigenvalue weighted by Gasteiger charge is -2.06. The van der Waals surface area contributed by atoms with Crippen molar-refractivity contribution < 1.29 is 9.53 Å². The Labute approximate surface area is 68.2 Å². The van der Waals surface area contributed by atoms with Gasteiger partial charge in [-0.3, -0.25) is 0 Å². The number of hydrogen-bond donors (Lipinski definition) is 0. The van der Waals surface area contributed by atoms with E-state index in [1.54, 1.807) is 13.0 Å². The van der Waals surface area contributed by atoms with Gasteiger partial charge in [-0.15, -0.1) is 0 Å². The fourth-order valence-electron chi connectivity index (χ4n) is 0.474. The van der Waals surface area contributed by atoms with Crippen molar-refractivity contribution in [3.8, 4) is 0 Å². The smallest absolute Gasteiger partial charge is 0.333 e. The normalized spacial score (nSPS) is 11.9. The maximum Gasteiger partial charge on any atom is 0.333 e. The molecule has 64 valence electrons. The van der Waals surface area contributed by atoms with Crippen molar-refractivity contribution in [2.45, 2.75) is 27.7 Å². The number of carbonyl (C=O) groups is 1. The van der Waals surface area contributed by atoms with Crippen molar-refractivity contribution in [1.82, 2.24) is 0 Å². The molecular formula is C9H16O2. The molecule has 0 aliphatic heterocycles. The van der Waals surface area contributed by atoms with E-state index < -0.39 is 0 Å². The first-order valence-corrected chi connectivity index (χ1v) is 3.88. The molecule has 11 heavy (non-hydrogen) atoms. The highest BCUT2D eigenvalue weighted by molar-refractivity contribution is 5.87. The second-order valence-electron chi connectivity index (χ2n) is 2.96. The number of ether oxygens (including phenoxy) is 1. The van der Waals surface area contributed by atoms with Gasteiger partial charge in [-0.05, 0) is 19.8 Å². The molecule has 0 saturated carbocycles. The van der Waals surface area contributed by atoms with Gasteiger partial charge in [-0.2, -0.15) is 0 Å². The van der Waals surface area contributed by atoms with Gasteiger partial charge in [0.25, 0.3) is 0 Å². The Hall–Kier alpha value is -0.790. The summed E-state index contributed by atoms with van der Waals surface area (Å²) in [6.07, 6.45) is 1.75. The SMILES string of the molecule is CC=C(C)C(=O)OCC(C)C. The Bertz CT molecular complexity index is 157. The van der Waals surface area contributed by atoms with Gasteiger partial charge >= 0.3 is 5.97 Å². The van der Waals surface area contributed by atoms with E-state index in [0.29, 0.717) is 18.1 Å². The minimum Gasteiger partial charge on any atom is -0.462 e. The molecule has 2 nitrogen and oxygen atoms in total. The van der Waals surface area contributed by atoms with Gasteiger partial charge in [0.15, 0.2) is 0 Å². The summed E-state index contributed by atoms with van der Waals surface area (Å²) in [6.45, 7) is 8.11. The van der Waals surface area contributed by atoms with Crippen LogP contribution in [-0.4, -0.2) is 12.6 Å². The van der Waals surface area contributed by atoms with Crippen LogP contribution in [0.4, 0.5) is 0 Å². The standard InChI is InChI=1S/C9H16O2/c1-5-8(4)9(10)11-6-7(2)3/h5,7H,6H2,1-4H3. The van der Waals surface area contributed by atoms with Crippen LogP contribution < -0.4 is 0 Å². The van der Waals surface area contributed by atoms with Crippen LogP contribution in [0.2, 0.25) is 0 Å². The molecule has 0 aliphatic carbocycles. The van der Waals surface area contributed by atoms with Crippen LogP contribution in [0, 0.1) is 5.92 Å². The van der Waals surface area contributed by atoms with Crippen LogP contribution in [0.1, 0.15) is 27.7 Å². The van der Waals surface area contributed by atoms with Crippen molar-refractivity contribution in [2.75, 3.05) is 6.61 Å². The first-order chi connectivity index (χ1) is 5.07. The summed E-state index contributed by atoms with van der Waals surface area (Å²) in [5, 5.41) is 0. The average Bonchev–Trinajstić information content (AvgIpc) is 1.98. The van der Waals surface area contributed by atoms with Crippen LogP contribution in [0.5, 0.6) is 0 Å². The van der Waals surface area contributed by atoms with Gasteiger partial charge in [0, 0.05) is 5.57 Å². The number of hydrogen-bond acceptors (Lipinski definition) is 2. The van der Waals surface area contributed by atoms with Gasteiger partial charge in [0.2, 0.25) is 0 Å². The first kappa shape index (κ1) is 10.2. The van der Waals surface area contributed by atoms with Gasteiger partial charge in [-0.25, -0.2) is 4.79 Å². The zero-order chi connectivity index (χ0) is 8.85. The zero-order valence-corrected chi connectivity index (χ0v) is 7.68. The molecular weight excluding hydrogens is 140 g/mol. The molecule has 0 amide bonds. The number of rotatable bonds is 3. The molecule has 0 fully saturated rings. The Kier molecular flexibility index (Phi) is 4.59. The molecule has 0 radical (unpaired) electrons. The Morgan fingerprint density at radius 3 is 2.45 bits per heavy atom.